The van der Waals surface area contributed by atoms with E-state index in [4.69, 9.17) is 0 Å². The largest absolute Gasteiger partial charge is 0.254 e. The topological polar surface area (TPSA) is 12.0 Å². The Kier molecular flexibility index (Phi) is 4.39. The maximum absolute atomic E-state index is 3.74. The molecule has 0 amide bonds. The molecule has 0 aromatic heterocycles. The van der Waals surface area contributed by atoms with Gasteiger partial charge in [-0.05, 0) is 61.6 Å². The van der Waals surface area contributed by atoms with Crippen molar-refractivity contribution >= 4 is 11.9 Å². The predicted molar refractivity (Wildman–Crippen MR) is 80.7 cm³/mol. The molecular weight excluding hydrogens is 238 g/mol. The predicted octanol–water partition coefficient (Wildman–Crippen LogP) is 5.03. The standard InChI is InChI=1S/C14H19NS.C2H6/c1-13-7-9-14(11-13,10-8-13)15-16-12-5-3-2-4-6-12;1-2/h2-6,15H,7-11H2,1H3;1-2H3. The van der Waals surface area contributed by atoms with E-state index in [0.29, 0.717) is 11.0 Å². The molecule has 2 aliphatic carbocycles. The average molecular weight is 263 g/mol. The molecule has 18 heavy (non-hydrogen) atoms. The Bertz CT molecular complexity index is 366. The Morgan fingerprint density at radius 3 is 2.11 bits per heavy atom. The maximum Gasteiger partial charge on any atom is 0.0291 e. The van der Waals surface area contributed by atoms with Gasteiger partial charge in [0.25, 0.3) is 0 Å². The summed E-state index contributed by atoms with van der Waals surface area (Å²) < 4.78 is 3.74. The van der Waals surface area contributed by atoms with E-state index in [0.717, 1.165) is 0 Å². The molecule has 0 spiro atoms. The second-order valence-corrected chi connectivity index (χ2v) is 6.66. The number of hydrogen-bond donors (Lipinski definition) is 1. The number of nitrogens with one attached hydrogen (secondary N) is 1. The lowest BCUT2D eigenvalue weighted by molar-refractivity contribution is 0.325. The zero-order valence-corrected chi connectivity index (χ0v) is 12.6. The summed E-state index contributed by atoms with van der Waals surface area (Å²) in [6, 6.07) is 10.6. The maximum atomic E-state index is 3.74. The quantitative estimate of drug-likeness (QED) is 0.767. The first kappa shape index (κ1) is 14.0. The first-order valence-corrected chi connectivity index (χ1v) is 8.01. The summed E-state index contributed by atoms with van der Waals surface area (Å²) in [6.45, 7) is 6.45. The van der Waals surface area contributed by atoms with E-state index >= 15 is 0 Å². The van der Waals surface area contributed by atoms with Gasteiger partial charge in [-0.25, -0.2) is 0 Å². The summed E-state index contributed by atoms with van der Waals surface area (Å²) >= 11 is 1.82. The van der Waals surface area contributed by atoms with Gasteiger partial charge in [0, 0.05) is 10.4 Å². The molecule has 2 heteroatoms. The highest BCUT2D eigenvalue weighted by Crippen LogP contribution is 2.56. The summed E-state index contributed by atoms with van der Waals surface area (Å²) in [5.74, 6) is 0. The molecular formula is C16H25NS. The van der Waals surface area contributed by atoms with Crippen molar-refractivity contribution in [2.75, 3.05) is 0 Å². The van der Waals surface area contributed by atoms with E-state index in [1.165, 1.54) is 37.0 Å². The first-order valence-electron chi connectivity index (χ1n) is 7.19. The smallest absolute Gasteiger partial charge is 0.0291 e. The van der Waals surface area contributed by atoms with Crippen molar-refractivity contribution in [1.82, 2.24) is 4.72 Å². The van der Waals surface area contributed by atoms with Gasteiger partial charge >= 0.3 is 0 Å². The third-order valence-corrected chi connectivity index (χ3v) is 5.35. The molecule has 0 heterocycles. The molecule has 2 aliphatic rings. The lowest BCUT2D eigenvalue weighted by Gasteiger charge is -2.27. The third-order valence-electron chi connectivity index (χ3n) is 4.31. The molecule has 1 nitrogen and oxygen atoms in total. The van der Waals surface area contributed by atoms with E-state index in [-0.39, 0.29) is 0 Å². The van der Waals surface area contributed by atoms with Crippen LogP contribution in [0.3, 0.4) is 0 Å². The fraction of sp³-hybridized carbons (Fsp3) is 0.625. The highest BCUT2D eigenvalue weighted by atomic mass is 32.2. The first-order chi connectivity index (χ1) is 8.70. The van der Waals surface area contributed by atoms with Crippen LogP contribution in [0.2, 0.25) is 0 Å². The van der Waals surface area contributed by atoms with E-state index in [1.807, 2.05) is 25.8 Å². The van der Waals surface area contributed by atoms with Crippen LogP contribution in [0.5, 0.6) is 0 Å². The van der Waals surface area contributed by atoms with Crippen LogP contribution in [0, 0.1) is 5.41 Å². The van der Waals surface area contributed by atoms with Crippen LogP contribution in [0.25, 0.3) is 0 Å². The van der Waals surface area contributed by atoms with Crippen LogP contribution in [-0.2, 0) is 0 Å². The minimum Gasteiger partial charge on any atom is -0.254 e. The highest BCUT2D eigenvalue weighted by Gasteiger charge is 2.51. The van der Waals surface area contributed by atoms with Crippen LogP contribution in [0.1, 0.15) is 52.9 Å². The second-order valence-electron chi connectivity index (χ2n) is 5.78. The molecule has 0 aliphatic heterocycles. The van der Waals surface area contributed by atoms with Crippen LogP contribution in [0.15, 0.2) is 35.2 Å². The minimum atomic E-state index is 0.440. The van der Waals surface area contributed by atoms with Crippen LogP contribution < -0.4 is 4.72 Å². The SMILES string of the molecule is CC.CC12CCC(NSc3ccccc3)(CC1)C2. The number of rotatable bonds is 3. The van der Waals surface area contributed by atoms with E-state index in [9.17, 15) is 0 Å². The third kappa shape index (κ3) is 2.92. The molecule has 2 saturated carbocycles. The Morgan fingerprint density at radius 2 is 1.61 bits per heavy atom. The minimum absolute atomic E-state index is 0.440. The molecule has 100 valence electrons. The van der Waals surface area contributed by atoms with Crippen LogP contribution in [0.4, 0.5) is 0 Å². The Morgan fingerprint density at radius 1 is 1.00 bits per heavy atom. The summed E-state index contributed by atoms with van der Waals surface area (Å²) in [5, 5.41) is 0. The molecule has 0 atom stereocenters. The molecule has 2 bridgehead atoms. The van der Waals surface area contributed by atoms with Gasteiger partial charge in [-0.15, -0.1) is 0 Å². The monoisotopic (exact) mass is 263 g/mol. The summed E-state index contributed by atoms with van der Waals surface area (Å²) in [5.41, 5.74) is 1.08. The van der Waals surface area contributed by atoms with Crippen molar-refractivity contribution in [2.24, 2.45) is 5.41 Å². The number of fused-ring (bicyclic) bond motifs is 2. The Balaban J connectivity index is 0.000000574. The van der Waals surface area contributed by atoms with Gasteiger partial charge in [0.1, 0.15) is 0 Å². The molecule has 1 aromatic carbocycles. The van der Waals surface area contributed by atoms with Gasteiger partial charge < -0.3 is 0 Å². The van der Waals surface area contributed by atoms with Crippen LogP contribution >= 0.6 is 11.9 Å². The zero-order chi connectivity index (χ0) is 13.1. The average Bonchev–Trinajstić information content (AvgIpc) is 2.94. The fourth-order valence-corrected chi connectivity index (χ4v) is 4.20. The summed E-state index contributed by atoms with van der Waals surface area (Å²) in [7, 11) is 0. The van der Waals surface area contributed by atoms with Crippen molar-refractivity contribution < 1.29 is 0 Å². The van der Waals surface area contributed by atoms with Gasteiger partial charge in [0.2, 0.25) is 0 Å². The van der Waals surface area contributed by atoms with E-state index < -0.39 is 0 Å². The lowest BCUT2D eigenvalue weighted by Crippen LogP contribution is -2.36. The highest BCUT2D eigenvalue weighted by molar-refractivity contribution is 7.97. The molecule has 0 saturated heterocycles. The summed E-state index contributed by atoms with van der Waals surface area (Å²) in [4.78, 5) is 1.33. The van der Waals surface area contributed by atoms with Crippen molar-refractivity contribution in [3.8, 4) is 0 Å². The van der Waals surface area contributed by atoms with Crippen molar-refractivity contribution in [1.29, 1.82) is 0 Å². The van der Waals surface area contributed by atoms with Crippen molar-refractivity contribution in [2.45, 2.75) is 63.3 Å². The normalized spacial score (nSPS) is 33.1. The molecule has 2 fully saturated rings. The van der Waals surface area contributed by atoms with E-state index in [1.54, 1.807) is 0 Å². The molecule has 1 aromatic rings. The Hall–Kier alpha value is -0.470. The molecule has 1 N–H and O–H groups in total. The van der Waals surface area contributed by atoms with Gasteiger partial charge in [-0.1, -0.05) is 39.0 Å². The molecule has 0 radical (unpaired) electrons. The molecule has 3 rings (SSSR count). The fourth-order valence-electron chi connectivity index (χ4n) is 3.30. The zero-order valence-electron chi connectivity index (χ0n) is 11.8. The van der Waals surface area contributed by atoms with Gasteiger partial charge in [-0.2, -0.15) is 0 Å². The van der Waals surface area contributed by atoms with Crippen molar-refractivity contribution in [3.63, 3.8) is 0 Å². The summed E-state index contributed by atoms with van der Waals surface area (Å²) in [6.07, 6.45) is 6.93. The lowest BCUT2D eigenvalue weighted by atomic mass is 9.86. The number of benzene rings is 1. The van der Waals surface area contributed by atoms with Gasteiger partial charge in [0.15, 0.2) is 0 Å². The van der Waals surface area contributed by atoms with Crippen LogP contribution in [-0.4, -0.2) is 5.54 Å². The number of hydrogen-bond acceptors (Lipinski definition) is 2. The second kappa shape index (κ2) is 5.66. The van der Waals surface area contributed by atoms with Gasteiger partial charge in [-0.3, -0.25) is 4.72 Å². The Labute approximate surface area is 116 Å². The molecule has 0 unspecified atom stereocenters. The van der Waals surface area contributed by atoms with Gasteiger partial charge in [0.05, 0.1) is 0 Å². The van der Waals surface area contributed by atoms with E-state index in [2.05, 4.69) is 42.0 Å². The van der Waals surface area contributed by atoms with Crippen molar-refractivity contribution in [3.05, 3.63) is 30.3 Å².